The number of rotatable bonds is 9. The molecule has 0 fully saturated rings. The maximum atomic E-state index is 10.5. The van der Waals surface area contributed by atoms with E-state index in [0.717, 1.165) is 16.2 Å². The van der Waals surface area contributed by atoms with E-state index in [1.165, 1.54) is 0 Å². The fourth-order valence-corrected chi connectivity index (χ4v) is 3.43. The number of phenols is 1. The summed E-state index contributed by atoms with van der Waals surface area (Å²) in [6.45, 7) is 1.59. The monoisotopic (exact) mass is 422 g/mol. The third-order valence-electron chi connectivity index (χ3n) is 4.29. The van der Waals surface area contributed by atoms with Crippen molar-refractivity contribution >= 4 is 23.2 Å². The van der Waals surface area contributed by atoms with Gasteiger partial charge in [-0.25, -0.2) is 0 Å². The summed E-state index contributed by atoms with van der Waals surface area (Å²) < 4.78 is 11.1. The fourth-order valence-electron chi connectivity index (χ4n) is 2.97. The molecule has 2 aromatic carbocycles. The lowest BCUT2D eigenvalue weighted by molar-refractivity contribution is -0.931. The second-order valence-electron chi connectivity index (χ2n) is 6.56. The van der Waals surface area contributed by atoms with E-state index in [9.17, 15) is 10.2 Å². The first kappa shape index (κ1) is 20.6. The van der Waals surface area contributed by atoms with Gasteiger partial charge < -0.3 is 24.3 Å². The normalized spacial score (nSPS) is 13.2. The van der Waals surface area contributed by atoms with Gasteiger partial charge >= 0.3 is 0 Å². The average Bonchev–Trinajstić information content (AvgIpc) is 3.16. The van der Waals surface area contributed by atoms with Crippen molar-refractivity contribution in [3.8, 4) is 11.5 Å². The van der Waals surface area contributed by atoms with E-state index in [-0.39, 0.29) is 12.4 Å². The molecule has 3 N–H and O–H groups in total. The molecule has 3 aromatic rings. The Hall–Kier alpha value is -2.18. The van der Waals surface area contributed by atoms with Crippen LogP contribution in [0.1, 0.15) is 11.3 Å². The molecule has 1 heterocycles. The molecule has 1 unspecified atom stereocenters. The third-order valence-corrected chi connectivity index (χ3v) is 4.82. The van der Waals surface area contributed by atoms with E-state index in [4.69, 9.17) is 32.4 Å². The number of hydrogen-bond donors (Lipinski definition) is 3. The van der Waals surface area contributed by atoms with Crippen LogP contribution in [0.25, 0.3) is 0 Å². The standard InChI is InChI=1S/C21H21Cl2NO4/c22-16-7-8-21(19(23)10-16)28-14-17(25)12-24(13-18-5-3-9-27-18)11-15-4-1-2-6-20(15)26/h1-10,17,25-26H,11-14H2/p+1/t17-/m1/s1. The van der Waals surface area contributed by atoms with Gasteiger partial charge in [0.15, 0.2) is 5.76 Å². The predicted octanol–water partition coefficient (Wildman–Crippen LogP) is 3.32. The number of quaternary nitrogens is 1. The van der Waals surface area contributed by atoms with Gasteiger partial charge in [-0.2, -0.15) is 0 Å². The Morgan fingerprint density at radius 2 is 1.86 bits per heavy atom. The smallest absolute Gasteiger partial charge is 0.157 e. The molecule has 3 rings (SSSR count). The zero-order valence-corrected chi connectivity index (χ0v) is 16.7. The summed E-state index contributed by atoms with van der Waals surface area (Å²) in [4.78, 5) is 1.02. The van der Waals surface area contributed by atoms with E-state index in [1.807, 2.05) is 24.3 Å². The van der Waals surface area contributed by atoms with Gasteiger partial charge in [-0.15, -0.1) is 0 Å². The average molecular weight is 423 g/mol. The number of ether oxygens (including phenoxy) is 1. The number of nitrogens with one attached hydrogen (secondary N) is 1. The van der Waals surface area contributed by atoms with E-state index < -0.39 is 6.10 Å². The summed E-state index contributed by atoms with van der Waals surface area (Å²) in [5.41, 5.74) is 0.804. The number of aromatic hydroxyl groups is 1. The highest BCUT2D eigenvalue weighted by Gasteiger charge is 2.20. The molecule has 0 radical (unpaired) electrons. The Bertz CT molecular complexity index is 886. The summed E-state index contributed by atoms with van der Waals surface area (Å²) in [5.74, 6) is 1.51. The Morgan fingerprint density at radius 3 is 2.57 bits per heavy atom. The van der Waals surface area contributed by atoms with Crippen LogP contribution in [0.15, 0.2) is 65.3 Å². The molecule has 0 aliphatic rings. The highest BCUT2D eigenvalue weighted by Crippen LogP contribution is 2.27. The quantitative estimate of drug-likeness (QED) is 0.494. The van der Waals surface area contributed by atoms with Crippen LogP contribution in [-0.4, -0.2) is 29.5 Å². The molecular weight excluding hydrogens is 401 g/mol. The Labute approximate surface area is 173 Å². The van der Waals surface area contributed by atoms with Crippen molar-refractivity contribution in [3.05, 3.63) is 82.2 Å². The van der Waals surface area contributed by atoms with Gasteiger partial charge in [-0.3, -0.25) is 0 Å². The van der Waals surface area contributed by atoms with Crippen molar-refractivity contribution in [2.75, 3.05) is 13.2 Å². The number of benzene rings is 2. The molecule has 0 saturated carbocycles. The minimum absolute atomic E-state index is 0.0871. The number of aliphatic hydroxyl groups excluding tert-OH is 1. The van der Waals surface area contributed by atoms with Gasteiger partial charge in [0.1, 0.15) is 43.8 Å². The van der Waals surface area contributed by atoms with Gasteiger partial charge in [0.2, 0.25) is 0 Å². The number of phenolic OH excluding ortho intramolecular Hbond substituents is 1. The van der Waals surface area contributed by atoms with Gasteiger partial charge in [0.05, 0.1) is 11.3 Å². The van der Waals surface area contributed by atoms with Crippen LogP contribution in [0.3, 0.4) is 0 Å². The predicted molar refractivity (Wildman–Crippen MR) is 108 cm³/mol. The first-order valence-electron chi connectivity index (χ1n) is 8.90. The first-order chi connectivity index (χ1) is 13.5. The first-order valence-corrected chi connectivity index (χ1v) is 9.65. The topological polar surface area (TPSA) is 67.3 Å². The number of furan rings is 1. The van der Waals surface area contributed by atoms with Gasteiger partial charge in [-0.05, 0) is 42.5 Å². The van der Waals surface area contributed by atoms with E-state index in [2.05, 4.69) is 0 Å². The summed E-state index contributed by atoms with van der Waals surface area (Å²) in [7, 11) is 0. The Kier molecular flexibility index (Phi) is 7.23. The van der Waals surface area contributed by atoms with Crippen LogP contribution in [-0.2, 0) is 13.1 Å². The largest absolute Gasteiger partial charge is 0.507 e. The molecule has 1 aromatic heterocycles. The molecule has 0 amide bonds. The second-order valence-corrected chi connectivity index (χ2v) is 7.40. The minimum Gasteiger partial charge on any atom is -0.507 e. The molecular formula is C21H22Cl2NO4+. The molecule has 0 bridgehead atoms. The lowest BCUT2D eigenvalue weighted by Crippen LogP contribution is -3.10. The van der Waals surface area contributed by atoms with Crippen LogP contribution in [0.5, 0.6) is 11.5 Å². The highest BCUT2D eigenvalue weighted by molar-refractivity contribution is 6.35. The SMILES string of the molecule is Oc1ccccc1C[NH+](Cc1ccco1)C[C@@H](O)COc1ccc(Cl)cc1Cl. The van der Waals surface area contributed by atoms with Crippen molar-refractivity contribution in [1.82, 2.24) is 0 Å². The molecule has 28 heavy (non-hydrogen) atoms. The van der Waals surface area contributed by atoms with Crippen LogP contribution >= 0.6 is 23.2 Å². The molecule has 148 valence electrons. The third kappa shape index (κ3) is 5.91. The van der Waals surface area contributed by atoms with Crippen molar-refractivity contribution in [2.24, 2.45) is 0 Å². The van der Waals surface area contributed by atoms with Crippen LogP contribution in [0.2, 0.25) is 10.0 Å². The van der Waals surface area contributed by atoms with Gasteiger partial charge in [0.25, 0.3) is 0 Å². The summed E-state index contributed by atoms with van der Waals surface area (Å²) in [5, 5.41) is 21.5. The number of halogens is 2. The molecule has 0 aliphatic carbocycles. The van der Waals surface area contributed by atoms with Crippen molar-refractivity contribution < 1.29 is 24.3 Å². The van der Waals surface area contributed by atoms with Crippen molar-refractivity contribution in [2.45, 2.75) is 19.2 Å². The van der Waals surface area contributed by atoms with Gasteiger partial charge in [-0.1, -0.05) is 35.3 Å². The zero-order valence-electron chi connectivity index (χ0n) is 15.1. The van der Waals surface area contributed by atoms with Crippen LogP contribution < -0.4 is 9.64 Å². The zero-order chi connectivity index (χ0) is 19.9. The van der Waals surface area contributed by atoms with Crippen LogP contribution in [0.4, 0.5) is 0 Å². The molecule has 5 nitrogen and oxygen atoms in total. The van der Waals surface area contributed by atoms with Crippen molar-refractivity contribution in [3.63, 3.8) is 0 Å². The molecule has 2 atom stereocenters. The minimum atomic E-state index is -0.734. The van der Waals surface area contributed by atoms with Crippen LogP contribution in [0, 0.1) is 0 Å². The highest BCUT2D eigenvalue weighted by atomic mass is 35.5. The van der Waals surface area contributed by atoms with E-state index in [0.29, 0.717) is 35.4 Å². The number of hydrogen-bond acceptors (Lipinski definition) is 4. The maximum absolute atomic E-state index is 10.5. The van der Waals surface area contributed by atoms with E-state index in [1.54, 1.807) is 36.6 Å². The fraction of sp³-hybridized carbons (Fsp3) is 0.238. The Morgan fingerprint density at radius 1 is 1.04 bits per heavy atom. The molecule has 0 spiro atoms. The number of para-hydroxylation sites is 1. The summed E-state index contributed by atoms with van der Waals surface area (Å²) >= 11 is 12.0. The second kappa shape index (κ2) is 9.85. The van der Waals surface area contributed by atoms with Gasteiger partial charge in [0, 0.05) is 10.6 Å². The number of aliphatic hydroxyl groups is 1. The summed E-state index contributed by atoms with van der Waals surface area (Å²) in [6.07, 6.45) is 0.886. The molecule has 7 heteroatoms. The van der Waals surface area contributed by atoms with Crippen molar-refractivity contribution in [1.29, 1.82) is 0 Å². The molecule has 0 saturated heterocycles. The van der Waals surface area contributed by atoms with E-state index >= 15 is 0 Å². The lowest BCUT2D eigenvalue weighted by Gasteiger charge is -2.22. The Balaban J connectivity index is 1.63. The maximum Gasteiger partial charge on any atom is 0.157 e. The molecule has 0 aliphatic heterocycles. The lowest BCUT2D eigenvalue weighted by atomic mass is 10.1. The summed E-state index contributed by atoms with van der Waals surface area (Å²) in [6, 6.07) is 15.9.